The van der Waals surface area contributed by atoms with E-state index < -0.39 is 11.7 Å². The standard InChI is InChI=1S/C25H24ClF3N2/c1-5-9-31-23-13-22(26)18(12-21(23)16(2)14-24(31,3)4)10-19(15-30)17-7-6-8-20(11-17)25(27,28)29/h6-8,10-14H,5,9H2,1-4H3/b19-10+. The highest BCUT2D eigenvalue weighted by atomic mass is 35.5. The summed E-state index contributed by atoms with van der Waals surface area (Å²) in [5.41, 5.74) is 3.08. The van der Waals surface area contributed by atoms with Crippen LogP contribution in [0, 0.1) is 11.3 Å². The van der Waals surface area contributed by atoms with Crippen LogP contribution in [0.15, 0.2) is 42.5 Å². The Bertz CT molecular complexity index is 1100. The average molecular weight is 445 g/mol. The van der Waals surface area contributed by atoms with Gasteiger partial charge in [-0.2, -0.15) is 18.4 Å². The third-order valence-corrected chi connectivity index (χ3v) is 5.79. The lowest BCUT2D eigenvalue weighted by Crippen LogP contribution is -2.45. The molecule has 0 bridgehead atoms. The number of alkyl halides is 3. The number of rotatable bonds is 4. The quantitative estimate of drug-likeness (QED) is 0.355. The van der Waals surface area contributed by atoms with Gasteiger partial charge in [0.05, 0.1) is 22.7 Å². The van der Waals surface area contributed by atoms with Crippen LogP contribution in [0.4, 0.5) is 18.9 Å². The van der Waals surface area contributed by atoms with Crippen molar-refractivity contribution in [2.24, 2.45) is 0 Å². The number of nitrogens with zero attached hydrogens (tertiary/aromatic N) is 2. The fourth-order valence-electron chi connectivity index (χ4n) is 4.06. The number of nitriles is 1. The monoisotopic (exact) mass is 444 g/mol. The fourth-order valence-corrected chi connectivity index (χ4v) is 4.27. The minimum atomic E-state index is -4.47. The molecule has 0 unspecified atom stereocenters. The van der Waals surface area contributed by atoms with Crippen LogP contribution >= 0.6 is 11.6 Å². The number of hydrogen-bond donors (Lipinski definition) is 0. The Morgan fingerprint density at radius 2 is 1.94 bits per heavy atom. The van der Waals surface area contributed by atoms with Gasteiger partial charge in [0.1, 0.15) is 0 Å². The van der Waals surface area contributed by atoms with E-state index in [2.05, 4.69) is 31.7 Å². The second kappa shape index (κ2) is 8.43. The van der Waals surface area contributed by atoms with Crippen LogP contribution in [0.5, 0.6) is 0 Å². The summed E-state index contributed by atoms with van der Waals surface area (Å²) in [6, 6.07) is 10.6. The molecule has 162 valence electrons. The average Bonchev–Trinajstić information content (AvgIpc) is 2.69. The topological polar surface area (TPSA) is 27.0 Å². The van der Waals surface area contributed by atoms with Crippen molar-refractivity contribution in [3.63, 3.8) is 0 Å². The van der Waals surface area contributed by atoms with E-state index in [1.54, 1.807) is 6.08 Å². The lowest BCUT2D eigenvalue weighted by Gasteiger charge is -2.43. The summed E-state index contributed by atoms with van der Waals surface area (Å²) in [7, 11) is 0. The maximum absolute atomic E-state index is 13.1. The van der Waals surface area contributed by atoms with Crippen molar-refractivity contribution in [1.29, 1.82) is 5.26 Å². The van der Waals surface area contributed by atoms with E-state index in [1.807, 2.05) is 25.1 Å². The molecule has 0 fully saturated rings. The second-order valence-electron chi connectivity index (χ2n) is 8.27. The minimum Gasteiger partial charge on any atom is -0.362 e. The second-order valence-corrected chi connectivity index (χ2v) is 8.68. The molecule has 0 saturated carbocycles. The summed E-state index contributed by atoms with van der Waals surface area (Å²) >= 11 is 6.58. The molecule has 0 aliphatic carbocycles. The maximum Gasteiger partial charge on any atom is 0.416 e. The van der Waals surface area contributed by atoms with Gasteiger partial charge in [0.25, 0.3) is 0 Å². The van der Waals surface area contributed by atoms with Gasteiger partial charge in [-0.3, -0.25) is 0 Å². The molecule has 2 aromatic rings. The lowest BCUT2D eigenvalue weighted by molar-refractivity contribution is -0.137. The van der Waals surface area contributed by atoms with Crippen LogP contribution in [0.2, 0.25) is 5.02 Å². The van der Waals surface area contributed by atoms with Crippen molar-refractivity contribution in [3.8, 4) is 6.07 Å². The number of allylic oxidation sites excluding steroid dienone is 2. The lowest BCUT2D eigenvalue weighted by atomic mass is 9.87. The zero-order valence-corrected chi connectivity index (χ0v) is 18.7. The first-order valence-electron chi connectivity index (χ1n) is 10.1. The Hall–Kier alpha value is -2.71. The number of hydrogen-bond acceptors (Lipinski definition) is 2. The highest BCUT2D eigenvalue weighted by Gasteiger charge is 2.32. The van der Waals surface area contributed by atoms with Gasteiger partial charge < -0.3 is 4.90 Å². The van der Waals surface area contributed by atoms with E-state index in [-0.39, 0.29) is 16.7 Å². The van der Waals surface area contributed by atoms with Gasteiger partial charge >= 0.3 is 6.18 Å². The molecular formula is C25H24ClF3N2. The van der Waals surface area contributed by atoms with E-state index in [0.717, 1.165) is 41.9 Å². The molecule has 1 aliphatic rings. The fraction of sp³-hybridized carbons (Fsp3) is 0.320. The van der Waals surface area contributed by atoms with Gasteiger partial charge in [0, 0.05) is 22.8 Å². The predicted octanol–water partition coefficient (Wildman–Crippen LogP) is 7.83. The Morgan fingerprint density at radius 1 is 1.23 bits per heavy atom. The van der Waals surface area contributed by atoms with Crippen LogP contribution in [-0.2, 0) is 6.18 Å². The van der Waals surface area contributed by atoms with Crippen molar-refractivity contribution in [1.82, 2.24) is 0 Å². The number of benzene rings is 2. The molecule has 2 nitrogen and oxygen atoms in total. The van der Waals surface area contributed by atoms with Gasteiger partial charge in [-0.1, -0.05) is 36.7 Å². The van der Waals surface area contributed by atoms with E-state index in [0.29, 0.717) is 10.6 Å². The predicted molar refractivity (Wildman–Crippen MR) is 122 cm³/mol. The van der Waals surface area contributed by atoms with Crippen LogP contribution in [0.25, 0.3) is 17.2 Å². The Balaban J connectivity index is 2.12. The van der Waals surface area contributed by atoms with E-state index in [4.69, 9.17) is 11.6 Å². The first-order valence-corrected chi connectivity index (χ1v) is 10.5. The van der Waals surface area contributed by atoms with Gasteiger partial charge in [-0.25, -0.2) is 0 Å². The zero-order valence-electron chi connectivity index (χ0n) is 17.9. The van der Waals surface area contributed by atoms with Crippen LogP contribution < -0.4 is 4.90 Å². The molecule has 0 N–H and O–H groups in total. The molecule has 1 aliphatic heterocycles. The molecule has 3 rings (SSSR count). The normalized spacial score (nSPS) is 15.9. The molecule has 1 heterocycles. The minimum absolute atomic E-state index is 0.121. The molecule has 0 atom stereocenters. The summed E-state index contributed by atoms with van der Waals surface area (Å²) in [5, 5.41) is 10.1. The summed E-state index contributed by atoms with van der Waals surface area (Å²) in [5.74, 6) is 0. The number of anilines is 1. The van der Waals surface area contributed by atoms with Gasteiger partial charge in [0.15, 0.2) is 0 Å². The highest BCUT2D eigenvalue weighted by molar-refractivity contribution is 6.32. The van der Waals surface area contributed by atoms with Crippen LogP contribution in [-0.4, -0.2) is 12.1 Å². The van der Waals surface area contributed by atoms with Crippen molar-refractivity contribution < 1.29 is 13.2 Å². The smallest absolute Gasteiger partial charge is 0.362 e. The molecule has 0 spiro atoms. The largest absolute Gasteiger partial charge is 0.416 e. The molecule has 6 heteroatoms. The maximum atomic E-state index is 13.1. The summed E-state index contributed by atoms with van der Waals surface area (Å²) in [6.45, 7) is 9.32. The van der Waals surface area contributed by atoms with Crippen molar-refractivity contribution in [3.05, 3.63) is 69.8 Å². The third kappa shape index (κ3) is 4.65. The Labute approximate surface area is 186 Å². The molecular weight excluding hydrogens is 421 g/mol. The summed E-state index contributed by atoms with van der Waals surface area (Å²) < 4.78 is 39.3. The Kier molecular flexibility index (Phi) is 6.25. The number of halogens is 4. The molecule has 0 radical (unpaired) electrons. The zero-order chi connectivity index (χ0) is 23.0. The molecule has 0 amide bonds. The molecule has 2 aromatic carbocycles. The molecule has 31 heavy (non-hydrogen) atoms. The van der Waals surface area contributed by atoms with Crippen molar-refractivity contribution in [2.45, 2.75) is 45.8 Å². The third-order valence-electron chi connectivity index (χ3n) is 5.46. The van der Waals surface area contributed by atoms with E-state index >= 15 is 0 Å². The summed E-state index contributed by atoms with van der Waals surface area (Å²) in [6.07, 6.45) is 0.250. The van der Waals surface area contributed by atoms with Crippen molar-refractivity contribution >= 4 is 34.5 Å². The summed E-state index contributed by atoms with van der Waals surface area (Å²) in [4.78, 5) is 2.30. The first-order chi connectivity index (χ1) is 14.5. The van der Waals surface area contributed by atoms with Crippen LogP contribution in [0.3, 0.4) is 0 Å². The van der Waals surface area contributed by atoms with E-state index in [9.17, 15) is 18.4 Å². The number of fused-ring (bicyclic) bond motifs is 1. The van der Waals surface area contributed by atoms with E-state index in [1.165, 1.54) is 12.1 Å². The molecule has 0 saturated heterocycles. The SMILES string of the molecule is CCCN1c2cc(Cl)c(/C=C(\C#N)c3cccc(C(F)(F)F)c3)cc2C(C)=CC1(C)C. The Morgan fingerprint density at radius 3 is 2.55 bits per heavy atom. The van der Waals surface area contributed by atoms with Gasteiger partial charge in [-0.05, 0) is 74.2 Å². The highest BCUT2D eigenvalue weighted by Crippen LogP contribution is 2.42. The molecule has 0 aromatic heterocycles. The first kappa shape index (κ1) is 23.0. The van der Waals surface area contributed by atoms with Crippen LogP contribution in [0.1, 0.15) is 56.4 Å². The van der Waals surface area contributed by atoms with Crippen molar-refractivity contribution in [2.75, 3.05) is 11.4 Å². The van der Waals surface area contributed by atoms with Gasteiger partial charge in [0.2, 0.25) is 0 Å². The van der Waals surface area contributed by atoms with Gasteiger partial charge in [-0.15, -0.1) is 0 Å².